The molecule has 0 saturated heterocycles. The molecule has 0 aromatic carbocycles. The number of nitrogens with zero attached hydrogens (tertiary/aromatic N) is 5. The molecule has 2 fully saturated rings. The average molecular weight is 798 g/mol. The first-order valence-electron chi connectivity index (χ1n) is 15.2. The van der Waals surface area contributed by atoms with Crippen LogP contribution in [0.25, 0.3) is 22.2 Å². The van der Waals surface area contributed by atoms with Gasteiger partial charge in [0, 0.05) is 44.3 Å². The third kappa shape index (κ3) is 10.3. The second-order valence-electron chi connectivity index (χ2n) is 11.5. The van der Waals surface area contributed by atoms with Gasteiger partial charge >= 0.3 is 47.4 Å². The average Bonchev–Trinajstić information content (AvgIpc) is 3.98. The molecule has 0 N–H and O–H groups in total. The Morgan fingerprint density at radius 2 is 1.20 bits per heavy atom. The van der Waals surface area contributed by atoms with Crippen molar-refractivity contribution in [1.82, 2.24) is 18.3 Å². The van der Waals surface area contributed by atoms with Crippen molar-refractivity contribution in [1.29, 1.82) is 0 Å². The summed E-state index contributed by atoms with van der Waals surface area (Å²) < 4.78 is 27.9. The molecule has 0 amide bonds. The zero-order valence-corrected chi connectivity index (χ0v) is 29.5. The zero-order chi connectivity index (χ0) is 35.3. The van der Waals surface area contributed by atoms with Gasteiger partial charge in [-0.15, -0.1) is 0 Å². The summed E-state index contributed by atoms with van der Waals surface area (Å²) in [6.07, 6.45) is 4.59. The maximum absolute atomic E-state index is 12.8. The Morgan fingerprint density at radius 3 is 1.57 bits per heavy atom. The van der Waals surface area contributed by atoms with Gasteiger partial charge in [0.2, 0.25) is 11.4 Å². The van der Waals surface area contributed by atoms with Crippen LogP contribution in [-0.2, 0) is 42.4 Å². The minimum absolute atomic E-state index is 0. The molecular weight excluding hydrogens is 749 g/mol. The number of hydrogen-bond acceptors (Lipinski definition) is 12. The van der Waals surface area contributed by atoms with Crippen molar-refractivity contribution in [3.05, 3.63) is 85.8 Å². The van der Waals surface area contributed by atoms with Gasteiger partial charge in [0.1, 0.15) is 24.2 Å². The molecule has 2 aliphatic rings. The summed E-state index contributed by atoms with van der Waals surface area (Å²) in [7, 11) is 7.21. The summed E-state index contributed by atoms with van der Waals surface area (Å²) in [5, 5.41) is 0.533. The number of aromatic nitrogens is 4. The van der Waals surface area contributed by atoms with Gasteiger partial charge in [0.15, 0.2) is 0 Å². The SMILES string of the molecule is C.C.C.CCc1cc(=O)oc2c1c(=O)n(CC1CC1)c(=O)n2COC.COCn1c(=O)n(CC2CC2)c(=O)c2c(C(C)Br)cc(=O)oc21.[B]=NS. The summed E-state index contributed by atoms with van der Waals surface area (Å²) in [6, 6.07) is 2.60. The Bertz CT molecular complexity index is 2180. The molecule has 0 spiro atoms. The predicted molar refractivity (Wildman–Crippen MR) is 206 cm³/mol. The van der Waals surface area contributed by atoms with Crippen LogP contribution in [-0.4, -0.2) is 40.1 Å². The van der Waals surface area contributed by atoms with Crippen LogP contribution in [0, 0.1) is 11.8 Å². The fraction of sp³-hybridized carbons (Fsp3) is 0.576. The van der Waals surface area contributed by atoms with E-state index < -0.39 is 28.2 Å². The molecular formula is C33H48BBrN5O10S. The summed E-state index contributed by atoms with van der Waals surface area (Å²) >= 11 is 6.59. The van der Waals surface area contributed by atoms with Crippen LogP contribution >= 0.6 is 28.7 Å². The Labute approximate surface area is 310 Å². The van der Waals surface area contributed by atoms with Crippen LogP contribution in [0.5, 0.6) is 0 Å². The summed E-state index contributed by atoms with van der Waals surface area (Å²) in [6.45, 7) is 4.28. The number of alkyl halides is 1. The molecule has 2 aliphatic carbocycles. The van der Waals surface area contributed by atoms with E-state index in [2.05, 4.69) is 40.7 Å². The molecule has 4 aromatic rings. The van der Waals surface area contributed by atoms with Crippen molar-refractivity contribution >= 4 is 58.6 Å². The molecule has 4 heterocycles. The summed E-state index contributed by atoms with van der Waals surface area (Å²) in [5.41, 5.74) is -1.96. The van der Waals surface area contributed by atoms with E-state index in [0.29, 0.717) is 47.9 Å². The first kappa shape index (κ1) is 45.4. The second kappa shape index (κ2) is 19.9. The number of hydrogen-bond donors (Lipinski definition) is 1. The van der Waals surface area contributed by atoms with E-state index >= 15 is 0 Å². The quantitative estimate of drug-likeness (QED) is 0.138. The van der Waals surface area contributed by atoms with Crippen molar-refractivity contribution < 1.29 is 18.3 Å². The Kier molecular flexibility index (Phi) is 17.7. The topological polar surface area (TPSA) is 179 Å². The molecule has 2 saturated carbocycles. The van der Waals surface area contributed by atoms with Crippen molar-refractivity contribution in [2.45, 2.75) is 99.6 Å². The van der Waals surface area contributed by atoms with E-state index in [1.54, 1.807) is 0 Å². The minimum atomic E-state index is -0.609. The van der Waals surface area contributed by atoms with E-state index in [-0.39, 0.29) is 62.9 Å². The number of fused-ring (bicyclic) bond motifs is 2. The third-order valence-electron chi connectivity index (χ3n) is 7.93. The normalized spacial score (nSPS) is 13.7. The van der Waals surface area contributed by atoms with Crippen LogP contribution in [0.4, 0.5) is 0 Å². The van der Waals surface area contributed by atoms with E-state index in [9.17, 15) is 28.8 Å². The van der Waals surface area contributed by atoms with Gasteiger partial charge in [0.25, 0.3) is 11.1 Å². The van der Waals surface area contributed by atoms with Crippen molar-refractivity contribution in [3.63, 3.8) is 0 Å². The molecule has 51 heavy (non-hydrogen) atoms. The predicted octanol–water partition coefficient (Wildman–Crippen LogP) is 4.37. The van der Waals surface area contributed by atoms with Gasteiger partial charge in [-0.2, -0.15) is 0 Å². The Balaban J connectivity index is 0.000000449. The van der Waals surface area contributed by atoms with Gasteiger partial charge in [-0.25, -0.2) is 28.3 Å². The summed E-state index contributed by atoms with van der Waals surface area (Å²) in [4.78, 5) is 74.0. The van der Waals surface area contributed by atoms with Gasteiger partial charge in [0.05, 0.1) is 0 Å². The molecule has 0 aliphatic heterocycles. The van der Waals surface area contributed by atoms with Gasteiger partial charge in [-0.3, -0.25) is 18.7 Å². The molecule has 15 nitrogen and oxygen atoms in total. The van der Waals surface area contributed by atoms with Gasteiger partial charge in [-0.1, -0.05) is 45.1 Å². The van der Waals surface area contributed by atoms with E-state index in [1.807, 2.05) is 13.8 Å². The zero-order valence-electron chi connectivity index (χ0n) is 27.0. The molecule has 4 aromatic heterocycles. The maximum atomic E-state index is 12.8. The van der Waals surface area contributed by atoms with Crippen molar-refractivity contribution in [2.24, 2.45) is 16.1 Å². The molecule has 1 atom stereocenters. The third-order valence-corrected chi connectivity index (χ3v) is 8.42. The monoisotopic (exact) mass is 796 g/mol. The van der Waals surface area contributed by atoms with Crippen LogP contribution in [0.2, 0.25) is 0 Å². The Morgan fingerprint density at radius 1 is 0.804 bits per heavy atom. The number of thiol groups is 1. The molecule has 18 heteroatoms. The van der Waals surface area contributed by atoms with Crippen LogP contribution in [0.15, 0.2) is 54.0 Å². The van der Waals surface area contributed by atoms with Gasteiger partial charge in [-0.05, 0) is 62.0 Å². The van der Waals surface area contributed by atoms with Crippen LogP contribution in [0.1, 0.15) is 77.8 Å². The van der Waals surface area contributed by atoms with E-state index in [0.717, 1.165) is 25.7 Å². The number of methoxy groups -OCH3 is 2. The molecule has 281 valence electrons. The number of aryl methyl sites for hydroxylation is 1. The van der Waals surface area contributed by atoms with E-state index in [4.69, 9.17) is 18.3 Å². The van der Waals surface area contributed by atoms with E-state index in [1.165, 1.54) is 44.6 Å². The van der Waals surface area contributed by atoms with Crippen molar-refractivity contribution in [2.75, 3.05) is 14.2 Å². The first-order valence-corrected chi connectivity index (χ1v) is 16.5. The molecule has 6 rings (SSSR count). The summed E-state index contributed by atoms with van der Waals surface area (Å²) in [5.74, 6) is 0.731. The second-order valence-corrected chi connectivity index (χ2v) is 13.1. The van der Waals surface area contributed by atoms with Crippen molar-refractivity contribution in [3.8, 4) is 0 Å². The fourth-order valence-electron chi connectivity index (χ4n) is 5.28. The van der Waals surface area contributed by atoms with Crippen LogP contribution < -0.4 is 33.7 Å². The van der Waals surface area contributed by atoms with Gasteiger partial charge < -0.3 is 18.3 Å². The number of ether oxygens (including phenoxy) is 2. The number of rotatable bonds is 10. The molecule has 0 bridgehead atoms. The fourth-order valence-corrected chi connectivity index (χ4v) is 5.64. The Hall–Kier alpha value is -3.61. The standard InChI is InChI=1S/C15H17BrN2O5.C15H18N2O5.3CH4.BHNS/c1-8(16)10-5-11(19)23-14-12(10)13(20)17(6-9-3-4-9)15(21)18(14)7-22-2;1-3-10-6-11(18)22-14-12(10)13(19)16(7-9-4-5-9)15(20)17(14)8-21-2;;;;1-2-3/h5,8-9H,3-4,6-7H2,1-2H3;6,9H,3-5,7-8H2,1-2H3;3*1H4;3H. The first-order chi connectivity index (χ1) is 22.9. The molecule has 1 unspecified atom stereocenters. The molecule has 1 radical (unpaired) electrons. The number of halogens is 1. The van der Waals surface area contributed by atoms with Crippen LogP contribution in [0.3, 0.4) is 0 Å².